The summed E-state index contributed by atoms with van der Waals surface area (Å²) in [6, 6.07) is 9.38. The second kappa shape index (κ2) is 7.67. The molecular formula is C18H13F5O2S. The van der Waals surface area contributed by atoms with E-state index in [1.807, 2.05) is 30.3 Å². The molecule has 1 heterocycles. The fraction of sp³-hybridized carbons (Fsp3) is 0.222. The molecule has 138 valence electrons. The van der Waals surface area contributed by atoms with Crippen LogP contribution in [0.4, 0.5) is 22.0 Å². The molecule has 26 heavy (non-hydrogen) atoms. The number of benzene rings is 2. The van der Waals surface area contributed by atoms with E-state index in [1.165, 1.54) is 11.8 Å². The molecular weight excluding hydrogens is 375 g/mol. The van der Waals surface area contributed by atoms with Gasteiger partial charge < -0.3 is 9.84 Å². The Morgan fingerprint density at radius 1 is 0.923 bits per heavy atom. The molecule has 1 unspecified atom stereocenters. The Morgan fingerprint density at radius 3 is 2.08 bits per heavy atom. The van der Waals surface area contributed by atoms with Crippen LogP contribution >= 0.6 is 11.8 Å². The average molecular weight is 388 g/mol. The van der Waals surface area contributed by atoms with E-state index in [1.54, 1.807) is 0 Å². The van der Waals surface area contributed by atoms with Gasteiger partial charge in [0.1, 0.15) is 5.76 Å². The Balaban J connectivity index is 1.79. The molecule has 2 aromatic carbocycles. The van der Waals surface area contributed by atoms with Gasteiger partial charge in [-0.1, -0.05) is 30.3 Å². The van der Waals surface area contributed by atoms with Crippen LogP contribution in [0.5, 0.6) is 0 Å². The number of rotatable bonds is 4. The topological polar surface area (TPSA) is 29.5 Å². The van der Waals surface area contributed by atoms with Gasteiger partial charge in [0.15, 0.2) is 23.3 Å². The van der Waals surface area contributed by atoms with Gasteiger partial charge in [0.05, 0.1) is 18.3 Å². The van der Waals surface area contributed by atoms with E-state index in [0.29, 0.717) is 10.7 Å². The van der Waals surface area contributed by atoms with Gasteiger partial charge >= 0.3 is 0 Å². The second-order valence-electron chi connectivity index (χ2n) is 5.63. The van der Waals surface area contributed by atoms with Crippen molar-refractivity contribution in [3.63, 3.8) is 0 Å². The maximum absolute atomic E-state index is 13.9. The Bertz CT molecular complexity index is 825. The van der Waals surface area contributed by atoms with Crippen molar-refractivity contribution in [1.82, 2.24) is 0 Å². The number of hydrogen-bond acceptors (Lipinski definition) is 3. The minimum Gasteiger partial charge on any atom is -0.511 e. The van der Waals surface area contributed by atoms with Gasteiger partial charge in [-0.25, -0.2) is 22.0 Å². The summed E-state index contributed by atoms with van der Waals surface area (Å²) in [5.74, 6) is -9.83. The highest BCUT2D eigenvalue weighted by atomic mass is 32.2. The van der Waals surface area contributed by atoms with E-state index < -0.39 is 40.8 Å². The van der Waals surface area contributed by atoms with Crippen LogP contribution in [0, 0.1) is 29.1 Å². The first kappa shape index (κ1) is 18.7. The van der Waals surface area contributed by atoms with Crippen molar-refractivity contribution in [2.75, 3.05) is 6.61 Å². The van der Waals surface area contributed by atoms with Gasteiger partial charge in [0.2, 0.25) is 5.82 Å². The molecule has 8 heteroatoms. The highest BCUT2D eigenvalue weighted by Gasteiger charge is 2.33. The Morgan fingerprint density at radius 2 is 1.50 bits per heavy atom. The molecule has 0 aromatic heterocycles. The molecule has 0 saturated carbocycles. The minimum absolute atomic E-state index is 0.187. The van der Waals surface area contributed by atoms with Gasteiger partial charge in [0, 0.05) is 17.1 Å². The Hall–Kier alpha value is -2.06. The summed E-state index contributed by atoms with van der Waals surface area (Å²) >= 11 is 1.28. The number of halogens is 5. The lowest BCUT2D eigenvalue weighted by Crippen LogP contribution is -2.19. The maximum atomic E-state index is 13.9. The van der Waals surface area contributed by atoms with Crippen molar-refractivity contribution in [3.05, 3.63) is 81.2 Å². The zero-order valence-electron chi connectivity index (χ0n) is 13.2. The third kappa shape index (κ3) is 3.57. The molecule has 0 fully saturated rings. The molecule has 1 aliphatic heterocycles. The molecule has 1 aliphatic rings. The van der Waals surface area contributed by atoms with Gasteiger partial charge in [-0.3, -0.25) is 0 Å². The first-order valence-electron chi connectivity index (χ1n) is 7.60. The highest BCUT2D eigenvalue weighted by molar-refractivity contribution is 8.02. The van der Waals surface area contributed by atoms with Crippen LogP contribution in [-0.4, -0.2) is 11.7 Å². The molecule has 3 rings (SSSR count). The van der Waals surface area contributed by atoms with Crippen molar-refractivity contribution in [2.45, 2.75) is 18.3 Å². The van der Waals surface area contributed by atoms with Crippen LogP contribution in [0.2, 0.25) is 0 Å². The fourth-order valence-electron chi connectivity index (χ4n) is 2.57. The maximum Gasteiger partial charge on any atom is 0.200 e. The molecule has 1 N–H and O–H groups in total. The van der Waals surface area contributed by atoms with Gasteiger partial charge in [-0.2, -0.15) is 0 Å². The third-order valence-electron chi connectivity index (χ3n) is 3.94. The molecule has 0 bridgehead atoms. The van der Waals surface area contributed by atoms with E-state index in [9.17, 15) is 27.1 Å². The summed E-state index contributed by atoms with van der Waals surface area (Å²) < 4.78 is 72.9. The third-order valence-corrected chi connectivity index (χ3v) is 5.12. The standard InChI is InChI=1S/C18H13F5O2S/c19-14-13(15(20)17(22)18(23)16(14)21)11-6-10(24)12(7-25-11)26-8-9-4-2-1-3-5-9/h1-5,11,24H,6-8H2. The van der Waals surface area contributed by atoms with E-state index >= 15 is 0 Å². The monoisotopic (exact) mass is 388 g/mol. The van der Waals surface area contributed by atoms with Crippen LogP contribution in [-0.2, 0) is 10.5 Å². The van der Waals surface area contributed by atoms with Crippen molar-refractivity contribution < 1.29 is 31.8 Å². The summed E-state index contributed by atoms with van der Waals surface area (Å²) in [4.78, 5) is 0.453. The average Bonchev–Trinajstić information content (AvgIpc) is 2.65. The van der Waals surface area contributed by atoms with Gasteiger partial charge in [0.25, 0.3) is 0 Å². The van der Waals surface area contributed by atoms with E-state index in [-0.39, 0.29) is 18.8 Å². The molecule has 1 atom stereocenters. The Labute approximate surface area is 150 Å². The van der Waals surface area contributed by atoms with Gasteiger partial charge in [-0.05, 0) is 5.56 Å². The largest absolute Gasteiger partial charge is 0.511 e. The number of aliphatic hydroxyl groups excluding tert-OH is 1. The van der Waals surface area contributed by atoms with E-state index in [2.05, 4.69) is 0 Å². The predicted molar refractivity (Wildman–Crippen MR) is 86.9 cm³/mol. The van der Waals surface area contributed by atoms with E-state index in [0.717, 1.165) is 5.56 Å². The van der Waals surface area contributed by atoms with Crippen molar-refractivity contribution in [2.24, 2.45) is 0 Å². The molecule has 2 nitrogen and oxygen atoms in total. The normalized spacial score (nSPS) is 17.7. The van der Waals surface area contributed by atoms with Crippen LogP contribution in [0.3, 0.4) is 0 Å². The van der Waals surface area contributed by atoms with Crippen molar-refractivity contribution in [1.29, 1.82) is 0 Å². The van der Waals surface area contributed by atoms with Crippen LogP contribution in [0.25, 0.3) is 0 Å². The fourth-order valence-corrected chi connectivity index (χ4v) is 3.50. The zero-order valence-corrected chi connectivity index (χ0v) is 14.1. The van der Waals surface area contributed by atoms with Crippen LogP contribution < -0.4 is 0 Å². The Kier molecular flexibility index (Phi) is 5.52. The zero-order chi connectivity index (χ0) is 18.8. The summed E-state index contributed by atoms with van der Waals surface area (Å²) in [5.41, 5.74) is -0.0697. The number of thioether (sulfide) groups is 1. The van der Waals surface area contributed by atoms with Crippen molar-refractivity contribution >= 4 is 11.8 Å². The highest BCUT2D eigenvalue weighted by Crippen LogP contribution is 2.39. The van der Waals surface area contributed by atoms with E-state index in [4.69, 9.17) is 4.74 Å². The summed E-state index contributed by atoms with van der Waals surface area (Å²) in [6.07, 6.45) is -1.84. The van der Waals surface area contributed by atoms with Crippen molar-refractivity contribution in [3.8, 4) is 0 Å². The first-order valence-corrected chi connectivity index (χ1v) is 8.59. The minimum atomic E-state index is -2.22. The summed E-state index contributed by atoms with van der Waals surface area (Å²) in [5, 5.41) is 10.1. The predicted octanol–water partition coefficient (Wildman–Crippen LogP) is 5.55. The molecule has 0 radical (unpaired) electrons. The quantitative estimate of drug-likeness (QED) is 0.423. The second-order valence-corrected chi connectivity index (χ2v) is 6.70. The van der Waals surface area contributed by atoms with Crippen LogP contribution in [0.15, 0.2) is 41.0 Å². The molecule has 0 amide bonds. The smallest absolute Gasteiger partial charge is 0.200 e. The summed E-state index contributed by atoms with van der Waals surface area (Å²) in [6.45, 7) is -0.187. The summed E-state index contributed by atoms with van der Waals surface area (Å²) in [7, 11) is 0. The molecule has 0 saturated heterocycles. The lowest BCUT2D eigenvalue weighted by atomic mass is 10.0. The number of aliphatic hydroxyl groups is 1. The molecule has 0 spiro atoms. The molecule has 2 aromatic rings. The lowest BCUT2D eigenvalue weighted by molar-refractivity contribution is 0.0417. The number of hydrogen-bond donors (Lipinski definition) is 1. The van der Waals surface area contributed by atoms with Crippen LogP contribution in [0.1, 0.15) is 23.7 Å². The SMILES string of the molecule is OC1=C(SCc2ccccc2)COC(c2c(F)c(F)c(F)c(F)c2F)C1. The molecule has 0 aliphatic carbocycles. The first-order chi connectivity index (χ1) is 12.4. The van der Waals surface area contributed by atoms with Gasteiger partial charge in [-0.15, -0.1) is 11.8 Å². The lowest BCUT2D eigenvalue weighted by Gasteiger charge is -2.26. The number of ether oxygens (including phenoxy) is 1.